The number of nitrogens with two attached hydrogens (primary N) is 1. The largest absolute Gasteiger partial charge is 0.385 e. The highest BCUT2D eigenvalue weighted by Gasteiger charge is 2.17. The lowest BCUT2D eigenvalue weighted by molar-refractivity contribution is 0.391. The molecule has 0 radical (unpaired) electrons. The van der Waals surface area contributed by atoms with E-state index in [4.69, 9.17) is 17.3 Å². The minimum absolute atomic E-state index is 0.457. The van der Waals surface area contributed by atoms with Crippen LogP contribution in [-0.2, 0) is 0 Å². The Morgan fingerprint density at radius 1 is 1.06 bits per heavy atom. The average Bonchev–Trinajstić information content (AvgIpc) is 3.18. The first-order chi connectivity index (χ1) is 15.5. The zero-order valence-corrected chi connectivity index (χ0v) is 19.8. The lowest BCUT2D eigenvalue weighted by atomic mass is 10.1. The molecule has 32 heavy (non-hydrogen) atoms. The molecule has 0 spiro atoms. The van der Waals surface area contributed by atoms with Crippen molar-refractivity contribution in [3.8, 4) is 11.4 Å². The summed E-state index contributed by atoms with van der Waals surface area (Å²) in [6.45, 7) is 4.14. The molecule has 0 atom stereocenters. The summed E-state index contributed by atoms with van der Waals surface area (Å²) >= 11 is 6.54. The third-order valence-corrected chi connectivity index (χ3v) is 6.10. The van der Waals surface area contributed by atoms with Crippen LogP contribution in [0.2, 0.25) is 5.02 Å². The van der Waals surface area contributed by atoms with E-state index in [9.17, 15) is 0 Å². The molecular weight excluding hydrogens is 420 g/mol. The second kappa shape index (κ2) is 9.76. The summed E-state index contributed by atoms with van der Waals surface area (Å²) in [5.74, 6) is 1.24. The number of nitrogens with one attached hydrogen (secondary N) is 1. The lowest BCUT2D eigenvalue weighted by Crippen LogP contribution is -2.12. The molecule has 2 heterocycles. The molecule has 0 saturated carbocycles. The molecule has 4 aromatic rings. The number of halogens is 1. The minimum atomic E-state index is 0.457. The number of fused-ring (bicyclic) bond motifs is 3. The van der Waals surface area contributed by atoms with Crippen molar-refractivity contribution in [2.75, 3.05) is 38.2 Å². The van der Waals surface area contributed by atoms with Crippen molar-refractivity contribution in [1.82, 2.24) is 19.3 Å². The third kappa shape index (κ3) is 4.66. The van der Waals surface area contributed by atoms with Crippen molar-refractivity contribution in [2.24, 2.45) is 0 Å². The zero-order valence-electron chi connectivity index (χ0n) is 19.0. The van der Waals surface area contributed by atoms with Gasteiger partial charge in [-0.05, 0) is 70.2 Å². The molecule has 0 amide bonds. The summed E-state index contributed by atoms with van der Waals surface area (Å²) in [5.41, 5.74) is 11.9. The van der Waals surface area contributed by atoms with E-state index in [1.807, 2.05) is 25.1 Å². The number of aryl methyl sites for hydroxylation is 1. The van der Waals surface area contributed by atoms with Gasteiger partial charge in [-0.3, -0.25) is 4.40 Å². The zero-order chi connectivity index (χ0) is 22.7. The maximum atomic E-state index is 6.54. The molecular formula is C25H31ClN6. The Morgan fingerprint density at radius 2 is 1.88 bits per heavy atom. The van der Waals surface area contributed by atoms with Crippen LogP contribution in [-0.4, -0.2) is 46.5 Å². The number of unbranched alkanes of at least 4 members (excludes halogenated alkanes) is 3. The summed E-state index contributed by atoms with van der Waals surface area (Å²) < 4.78 is 2.06. The molecule has 0 saturated heterocycles. The molecule has 6 nitrogen and oxygen atoms in total. The van der Waals surface area contributed by atoms with Gasteiger partial charge in [0, 0.05) is 17.8 Å². The highest BCUT2D eigenvalue weighted by atomic mass is 35.5. The standard InChI is InChI=1S/C25H31ClN6/c1-17-9-8-10-19(26)23(17)25-29-16-22-24(27)30-20-15-18(11-12-21(20)32(22)25)28-13-6-4-5-7-14-31(2)3/h8-12,15-16,28H,4-7,13-14H2,1-3H3,(H2,27,30). The van der Waals surface area contributed by atoms with Crippen LogP contribution in [0, 0.1) is 6.92 Å². The fourth-order valence-electron chi connectivity index (χ4n) is 4.11. The van der Waals surface area contributed by atoms with Gasteiger partial charge in [0.15, 0.2) is 0 Å². The smallest absolute Gasteiger partial charge is 0.150 e. The van der Waals surface area contributed by atoms with Gasteiger partial charge in [0.25, 0.3) is 0 Å². The predicted octanol–water partition coefficient (Wildman–Crippen LogP) is 5.63. The van der Waals surface area contributed by atoms with Crippen LogP contribution < -0.4 is 11.1 Å². The molecule has 0 aliphatic carbocycles. The van der Waals surface area contributed by atoms with Crippen LogP contribution >= 0.6 is 11.6 Å². The second-order valence-corrected chi connectivity index (χ2v) is 8.99. The first-order valence-corrected chi connectivity index (χ1v) is 11.5. The number of rotatable bonds is 9. The van der Waals surface area contributed by atoms with Crippen LogP contribution in [0.15, 0.2) is 42.6 Å². The van der Waals surface area contributed by atoms with Gasteiger partial charge in [-0.2, -0.15) is 0 Å². The van der Waals surface area contributed by atoms with E-state index in [1.54, 1.807) is 6.20 Å². The normalized spacial score (nSPS) is 11.7. The van der Waals surface area contributed by atoms with Gasteiger partial charge < -0.3 is 16.0 Å². The summed E-state index contributed by atoms with van der Waals surface area (Å²) in [4.78, 5) is 11.5. The number of hydrogen-bond donors (Lipinski definition) is 2. The van der Waals surface area contributed by atoms with E-state index in [0.717, 1.165) is 58.7 Å². The highest BCUT2D eigenvalue weighted by Crippen LogP contribution is 2.34. The molecule has 0 aliphatic rings. The molecule has 2 aromatic carbocycles. The van der Waals surface area contributed by atoms with Gasteiger partial charge >= 0.3 is 0 Å². The SMILES string of the molecule is Cc1cccc(Cl)c1-c1ncc2c(N)nc3cc(NCCCCCCN(C)C)ccc3n12. The summed E-state index contributed by atoms with van der Waals surface area (Å²) in [5, 5.41) is 4.20. The number of nitrogens with zero attached hydrogens (tertiary/aromatic N) is 4. The Labute approximate surface area is 194 Å². The van der Waals surface area contributed by atoms with Crippen LogP contribution in [0.3, 0.4) is 0 Å². The summed E-state index contributed by atoms with van der Waals surface area (Å²) in [6, 6.07) is 12.1. The van der Waals surface area contributed by atoms with E-state index >= 15 is 0 Å². The first-order valence-electron chi connectivity index (χ1n) is 11.2. The Morgan fingerprint density at radius 3 is 2.66 bits per heavy atom. The molecule has 0 bridgehead atoms. The van der Waals surface area contributed by atoms with Crippen molar-refractivity contribution in [2.45, 2.75) is 32.6 Å². The summed E-state index contributed by atoms with van der Waals surface area (Å²) in [6.07, 6.45) is 6.66. The van der Waals surface area contributed by atoms with Crippen molar-refractivity contribution < 1.29 is 0 Å². The molecule has 168 valence electrons. The number of anilines is 2. The van der Waals surface area contributed by atoms with Crippen LogP contribution in [0.5, 0.6) is 0 Å². The fraction of sp³-hybridized carbons (Fsp3) is 0.360. The van der Waals surface area contributed by atoms with Gasteiger partial charge in [-0.25, -0.2) is 9.97 Å². The molecule has 0 fully saturated rings. The molecule has 0 unspecified atom stereocenters. The van der Waals surface area contributed by atoms with Gasteiger partial charge in [-0.15, -0.1) is 0 Å². The molecule has 0 aliphatic heterocycles. The van der Waals surface area contributed by atoms with Gasteiger partial charge in [0.1, 0.15) is 17.2 Å². The number of imidazole rings is 1. The van der Waals surface area contributed by atoms with Crippen molar-refractivity contribution in [3.63, 3.8) is 0 Å². The van der Waals surface area contributed by atoms with E-state index < -0.39 is 0 Å². The molecule has 2 aromatic heterocycles. The Kier molecular flexibility index (Phi) is 6.82. The highest BCUT2D eigenvalue weighted by molar-refractivity contribution is 6.33. The van der Waals surface area contributed by atoms with E-state index in [2.05, 4.69) is 56.9 Å². The van der Waals surface area contributed by atoms with Gasteiger partial charge in [0.05, 0.1) is 22.3 Å². The summed E-state index contributed by atoms with van der Waals surface area (Å²) in [7, 11) is 4.25. The number of aromatic nitrogens is 3. The van der Waals surface area contributed by atoms with Gasteiger partial charge in [-0.1, -0.05) is 36.6 Å². The molecule has 3 N–H and O–H groups in total. The first kappa shape index (κ1) is 22.4. The Hall–Kier alpha value is -2.83. The topological polar surface area (TPSA) is 71.5 Å². The quantitative estimate of drug-likeness (QED) is 0.323. The van der Waals surface area contributed by atoms with E-state index in [-0.39, 0.29) is 0 Å². The van der Waals surface area contributed by atoms with E-state index in [0.29, 0.717) is 10.8 Å². The second-order valence-electron chi connectivity index (χ2n) is 8.58. The number of nitrogen functional groups attached to an aromatic ring is 1. The Bertz CT molecular complexity index is 1210. The van der Waals surface area contributed by atoms with Gasteiger partial charge in [0.2, 0.25) is 0 Å². The van der Waals surface area contributed by atoms with Crippen LogP contribution in [0.4, 0.5) is 11.5 Å². The monoisotopic (exact) mass is 450 g/mol. The van der Waals surface area contributed by atoms with Crippen LogP contribution in [0.25, 0.3) is 27.9 Å². The number of hydrogen-bond acceptors (Lipinski definition) is 5. The third-order valence-electron chi connectivity index (χ3n) is 5.79. The van der Waals surface area contributed by atoms with Crippen molar-refractivity contribution in [1.29, 1.82) is 0 Å². The van der Waals surface area contributed by atoms with Crippen molar-refractivity contribution in [3.05, 3.63) is 53.2 Å². The van der Waals surface area contributed by atoms with Crippen LogP contribution in [0.1, 0.15) is 31.2 Å². The Balaban J connectivity index is 1.58. The number of benzene rings is 2. The molecule has 7 heteroatoms. The van der Waals surface area contributed by atoms with E-state index in [1.165, 1.54) is 19.3 Å². The molecule has 4 rings (SSSR count). The minimum Gasteiger partial charge on any atom is -0.385 e. The average molecular weight is 451 g/mol. The predicted molar refractivity (Wildman–Crippen MR) is 136 cm³/mol. The fourth-order valence-corrected chi connectivity index (χ4v) is 4.41. The maximum absolute atomic E-state index is 6.54. The van der Waals surface area contributed by atoms with Crippen molar-refractivity contribution >= 4 is 39.7 Å². The maximum Gasteiger partial charge on any atom is 0.150 e. The lowest BCUT2D eigenvalue weighted by Gasteiger charge is -2.12.